The second-order valence-electron chi connectivity index (χ2n) is 10.7. The molecule has 0 saturated carbocycles. The molecule has 7 rings (SSSR count). The van der Waals surface area contributed by atoms with Gasteiger partial charge in [-0.2, -0.15) is 5.10 Å². The number of aryl methyl sites for hydroxylation is 1. The Morgan fingerprint density at radius 3 is 2.54 bits per heavy atom. The van der Waals surface area contributed by atoms with Crippen LogP contribution in [-0.2, 0) is 0 Å². The lowest BCUT2D eigenvalue weighted by Gasteiger charge is -2.53. The number of likely N-dealkylation sites (N-methyl/N-ethyl adjacent to an activating group) is 1. The van der Waals surface area contributed by atoms with Gasteiger partial charge in [0.05, 0.1) is 35.8 Å². The first-order valence-electron chi connectivity index (χ1n) is 13.1. The molecule has 0 unspecified atom stereocenters. The molecule has 0 aliphatic carbocycles. The number of likely N-dealkylation sites (tertiary alicyclic amines) is 1. The molecule has 2 aliphatic rings. The number of nitrogens with zero attached hydrogens (tertiary/aromatic N) is 8. The molecule has 1 N–H and O–H groups in total. The van der Waals surface area contributed by atoms with Crippen LogP contribution in [0.5, 0.6) is 17.4 Å². The Labute approximate surface area is 233 Å². The fourth-order valence-electron chi connectivity index (χ4n) is 5.91. The van der Waals surface area contributed by atoms with Crippen molar-refractivity contribution in [1.82, 2.24) is 34.4 Å². The third-order valence-electron chi connectivity index (χ3n) is 7.91. The molecule has 0 amide bonds. The summed E-state index contributed by atoms with van der Waals surface area (Å²) >= 11 is 0. The minimum atomic E-state index is -2.69. The van der Waals surface area contributed by atoms with Gasteiger partial charge in [0.15, 0.2) is 5.65 Å². The standard InChI is InChI=1S/C28H27F2N9O2/c1-17-8-18(4-6-20(17)41-23-9-22-32-15-35-39(22)16-34-23)36-26-24-19(31-14-33-26)5-7-21(40-3)25(24)38-11-27(12-38)10-28(29,30)13-37(27)2/h4-9,14-16H,10-13H2,1-3H3,(H,31,33,36). The van der Waals surface area contributed by atoms with Gasteiger partial charge in [0, 0.05) is 31.3 Å². The summed E-state index contributed by atoms with van der Waals surface area (Å²) in [5.74, 6) is -0.417. The molecule has 3 aromatic heterocycles. The summed E-state index contributed by atoms with van der Waals surface area (Å²) in [5.41, 5.74) is 3.24. The maximum absolute atomic E-state index is 14.2. The Bertz CT molecular complexity index is 1790. The molecule has 41 heavy (non-hydrogen) atoms. The van der Waals surface area contributed by atoms with Gasteiger partial charge in [-0.05, 0) is 49.9 Å². The SMILES string of the molecule is COc1ccc2ncnc(Nc3ccc(Oc4cc5ncnn5cn4)c(C)c3)c2c1N1CC2(C1)CC(F)(F)CN2C. The van der Waals surface area contributed by atoms with Crippen LogP contribution in [0.3, 0.4) is 0 Å². The van der Waals surface area contributed by atoms with E-state index in [0.717, 1.165) is 27.8 Å². The van der Waals surface area contributed by atoms with Crippen LogP contribution in [0.15, 0.2) is 55.4 Å². The van der Waals surface area contributed by atoms with Crippen LogP contribution < -0.4 is 19.7 Å². The second kappa shape index (κ2) is 9.20. The Morgan fingerprint density at radius 1 is 0.951 bits per heavy atom. The average Bonchev–Trinajstić information content (AvgIpc) is 3.49. The molecule has 2 aliphatic heterocycles. The highest BCUT2D eigenvalue weighted by atomic mass is 19.3. The van der Waals surface area contributed by atoms with Crippen LogP contribution >= 0.6 is 0 Å². The molecular weight excluding hydrogens is 532 g/mol. The number of alkyl halides is 2. The van der Waals surface area contributed by atoms with Crippen molar-refractivity contribution in [3.05, 3.63) is 60.9 Å². The highest BCUT2D eigenvalue weighted by molar-refractivity contribution is 6.03. The number of ether oxygens (including phenoxy) is 2. The molecule has 0 radical (unpaired) electrons. The number of halogens is 2. The number of methoxy groups -OCH3 is 1. The van der Waals surface area contributed by atoms with E-state index in [1.807, 2.05) is 37.3 Å². The molecule has 5 aromatic rings. The van der Waals surface area contributed by atoms with E-state index in [-0.39, 0.29) is 13.0 Å². The molecule has 1 spiro atoms. The third kappa shape index (κ3) is 4.32. The van der Waals surface area contributed by atoms with E-state index in [2.05, 4.69) is 35.3 Å². The van der Waals surface area contributed by atoms with Gasteiger partial charge in [-0.15, -0.1) is 0 Å². The number of fused-ring (bicyclic) bond motifs is 2. The summed E-state index contributed by atoms with van der Waals surface area (Å²) in [6.45, 7) is 2.63. The minimum absolute atomic E-state index is 0.155. The Morgan fingerprint density at radius 2 is 1.78 bits per heavy atom. The quantitative estimate of drug-likeness (QED) is 0.321. The van der Waals surface area contributed by atoms with Crippen molar-refractivity contribution in [2.45, 2.75) is 24.8 Å². The zero-order chi connectivity index (χ0) is 28.4. The van der Waals surface area contributed by atoms with E-state index in [1.165, 1.54) is 12.7 Å². The number of aromatic nitrogens is 6. The van der Waals surface area contributed by atoms with Crippen LogP contribution in [0.2, 0.25) is 0 Å². The number of rotatable bonds is 6. The van der Waals surface area contributed by atoms with Gasteiger partial charge in [-0.1, -0.05) is 0 Å². The Hall–Kier alpha value is -4.65. The summed E-state index contributed by atoms with van der Waals surface area (Å²) in [6.07, 6.45) is 4.35. The minimum Gasteiger partial charge on any atom is -0.495 e. The molecule has 2 fully saturated rings. The fraction of sp³-hybridized carbons (Fsp3) is 0.321. The number of hydrogen-bond donors (Lipinski definition) is 1. The van der Waals surface area contributed by atoms with E-state index in [1.54, 1.807) is 36.0 Å². The lowest BCUT2D eigenvalue weighted by Crippen LogP contribution is -2.67. The molecule has 0 atom stereocenters. The van der Waals surface area contributed by atoms with E-state index >= 15 is 0 Å². The van der Waals surface area contributed by atoms with Crippen LogP contribution in [-0.4, -0.2) is 79.7 Å². The van der Waals surface area contributed by atoms with Crippen molar-refractivity contribution in [3.8, 4) is 17.4 Å². The molecule has 5 heterocycles. The zero-order valence-electron chi connectivity index (χ0n) is 22.7. The van der Waals surface area contributed by atoms with Crippen molar-refractivity contribution in [2.75, 3.05) is 44.0 Å². The normalized spacial score (nSPS) is 17.7. The molecule has 2 aromatic carbocycles. The lowest BCUT2D eigenvalue weighted by molar-refractivity contribution is 0.0117. The first kappa shape index (κ1) is 25.3. The van der Waals surface area contributed by atoms with Gasteiger partial charge in [0.1, 0.15) is 36.3 Å². The summed E-state index contributed by atoms with van der Waals surface area (Å²) < 4.78 is 41.8. The van der Waals surface area contributed by atoms with E-state index in [9.17, 15) is 8.78 Å². The summed E-state index contributed by atoms with van der Waals surface area (Å²) in [5, 5.41) is 8.23. The van der Waals surface area contributed by atoms with Gasteiger partial charge in [0.2, 0.25) is 5.88 Å². The lowest BCUT2D eigenvalue weighted by atomic mass is 9.85. The third-order valence-corrected chi connectivity index (χ3v) is 7.91. The Kier molecular flexibility index (Phi) is 5.68. The smallest absolute Gasteiger partial charge is 0.262 e. The van der Waals surface area contributed by atoms with Crippen LogP contribution in [0.25, 0.3) is 16.6 Å². The molecule has 210 valence electrons. The van der Waals surface area contributed by atoms with Crippen LogP contribution in [0, 0.1) is 6.92 Å². The van der Waals surface area contributed by atoms with Crippen LogP contribution in [0.1, 0.15) is 12.0 Å². The van der Waals surface area contributed by atoms with Crippen molar-refractivity contribution in [1.29, 1.82) is 0 Å². The van der Waals surface area contributed by atoms with Gasteiger partial charge in [-0.3, -0.25) is 4.90 Å². The highest BCUT2D eigenvalue weighted by Gasteiger charge is 2.59. The number of benzene rings is 2. The molecule has 13 heteroatoms. The first-order chi connectivity index (χ1) is 19.7. The monoisotopic (exact) mass is 559 g/mol. The maximum Gasteiger partial charge on any atom is 0.262 e. The fourth-order valence-corrected chi connectivity index (χ4v) is 5.91. The number of anilines is 3. The van der Waals surface area contributed by atoms with Crippen LogP contribution in [0.4, 0.5) is 26.0 Å². The van der Waals surface area contributed by atoms with Gasteiger partial charge in [0.25, 0.3) is 5.92 Å². The molecule has 2 saturated heterocycles. The van der Waals surface area contributed by atoms with E-state index < -0.39 is 11.5 Å². The average molecular weight is 560 g/mol. The first-order valence-corrected chi connectivity index (χ1v) is 13.1. The van der Waals surface area contributed by atoms with Gasteiger partial charge in [-0.25, -0.2) is 33.2 Å². The summed E-state index contributed by atoms with van der Waals surface area (Å²) in [6, 6.07) is 11.1. The second-order valence-corrected chi connectivity index (χ2v) is 10.7. The summed E-state index contributed by atoms with van der Waals surface area (Å²) in [7, 11) is 3.37. The maximum atomic E-state index is 14.2. The molecule has 11 nitrogen and oxygen atoms in total. The van der Waals surface area contributed by atoms with Crippen molar-refractivity contribution < 1.29 is 18.3 Å². The predicted molar refractivity (Wildman–Crippen MR) is 149 cm³/mol. The Balaban J connectivity index is 1.19. The summed E-state index contributed by atoms with van der Waals surface area (Å²) in [4.78, 5) is 21.3. The largest absolute Gasteiger partial charge is 0.495 e. The van der Waals surface area contributed by atoms with Gasteiger partial charge < -0.3 is 19.7 Å². The number of hydrogen-bond acceptors (Lipinski definition) is 10. The highest BCUT2D eigenvalue weighted by Crippen LogP contribution is 2.49. The van der Waals surface area contributed by atoms with Gasteiger partial charge >= 0.3 is 0 Å². The van der Waals surface area contributed by atoms with Crippen molar-refractivity contribution in [3.63, 3.8) is 0 Å². The van der Waals surface area contributed by atoms with E-state index in [0.29, 0.717) is 41.9 Å². The molecular formula is C28H27F2N9O2. The van der Waals surface area contributed by atoms with Crippen molar-refractivity contribution >= 4 is 33.7 Å². The predicted octanol–water partition coefficient (Wildman–Crippen LogP) is 4.45. The van der Waals surface area contributed by atoms with Crippen molar-refractivity contribution in [2.24, 2.45) is 0 Å². The van der Waals surface area contributed by atoms with E-state index in [4.69, 9.17) is 9.47 Å². The zero-order valence-corrected chi connectivity index (χ0v) is 22.7. The number of nitrogens with one attached hydrogen (secondary N) is 1. The topological polar surface area (TPSA) is 106 Å². The molecule has 0 bridgehead atoms.